The van der Waals surface area contributed by atoms with Gasteiger partial charge in [-0.1, -0.05) is 0 Å². The van der Waals surface area contributed by atoms with Crippen LogP contribution in [0, 0.1) is 0 Å². The molecule has 3 aliphatic rings. The monoisotopic (exact) mass is 446 g/mol. The fourth-order valence-electron chi connectivity index (χ4n) is 4.26. The molecule has 0 aromatic rings. The molecule has 3 aliphatic heterocycles. The van der Waals surface area contributed by atoms with Crippen molar-refractivity contribution in [1.29, 1.82) is 0 Å². The van der Waals surface area contributed by atoms with E-state index in [4.69, 9.17) is 9.47 Å². The number of methoxy groups -OCH3 is 1. The largest absolute Gasteiger partial charge is 0.468 e. The number of fused-ring (bicyclic) bond motifs is 1. The molecule has 0 aliphatic carbocycles. The molecule has 0 unspecified atom stereocenters. The number of urea groups is 1. The van der Waals surface area contributed by atoms with Crippen LogP contribution in [0.3, 0.4) is 0 Å². The number of carbonyl (C=O) groups excluding carboxylic acids is 3. The average molecular weight is 447 g/mol. The van der Waals surface area contributed by atoms with Gasteiger partial charge in [-0.3, -0.25) is 4.79 Å². The molecule has 0 spiro atoms. The predicted molar refractivity (Wildman–Crippen MR) is 106 cm³/mol. The number of esters is 1. The predicted octanol–water partition coefficient (Wildman–Crippen LogP) is -0.0812. The molecule has 0 aromatic heterocycles. The average Bonchev–Trinajstić information content (AvgIpc) is 3.21. The fraction of sp³-hybridized carbons (Fsp3) is 0.833. The van der Waals surface area contributed by atoms with E-state index in [9.17, 15) is 22.8 Å². The van der Waals surface area contributed by atoms with Gasteiger partial charge in [-0.25, -0.2) is 18.0 Å². The summed E-state index contributed by atoms with van der Waals surface area (Å²) in [5, 5.41) is 0. The Morgan fingerprint density at radius 2 is 1.70 bits per heavy atom. The summed E-state index contributed by atoms with van der Waals surface area (Å²) in [7, 11) is -2.43. The Hall–Kier alpha value is -2.08. The summed E-state index contributed by atoms with van der Waals surface area (Å²) >= 11 is 0. The number of sulfonamides is 1. The highest BCUT2D eigenvalue weighted by atomic mass is 32.2. The zero-order valence-corrected chi connectivity index (χ0v) is 18.8. The van der Waals surface area contributed by atoms with Crippen LogP contribution in [0.15, 0.2) is 0 Å². The van der Waals surface area contributed by atoms with Gasteiger partial charge in [-0.15, -0.1) is 0 Å². The lowest BCUT2D eigenvalue weighted by molar-refractivity contribution is -0.144. The molecule has 12 heteroatoms. The third-order valence-corrected chi connectivity index (χ3v) is 6.86. The molecule has 3 saturated heterocycles. The number of hydrogen-bond acceptors (Lipinski definition) is 7. The summed E-state index contributed by atoms with van der Waals surface area (Å²) in [4.78, 5) is 42.4. The van der Waals surface area contributed by atoms with Crippen molar-refractivity contribution in [2.24, 2.45) is 0 Å². The molecule has 170 valence electrons. The number of piperazine rings is 1. The van der Waals surface area contributed by atoms with E-state index in [0.717, 1.165) is 10.6 Å². The van der Waals surface area contributed by atoms with Gasteiger partial charge in [0, 0.05) is 38.8 Å². The maximum Gasteiger partial charge on any atom is 0.410 e. The van der Waals surface area contributed by atoms with Crippen molar-refractivity contribution < 1.29 is 32.3 Å². The van der Waals surface area contributed by atoms with Gasteiger partial charge in [0.2, 0.25) is 10.0 Å². The first-order chi connectivity index (χ1) is 13.8. The molecule has 0 saturated carbocycles. The van der Waals surface area contributed by atoms with E-state index in [-0.39, 0.29) is 25.0 Å². The SMILES string of the molecule is COC(=O)[C@H]1C[C@H](N2C[C@@H]3CN(C(=O)OC(C)(C)C)CCN3C2=O)CN1S(C)(=O)=O. The standard InChI is InChI=1S/C18H30N4O7S/c1-18(2,3)29-17(25)19-6-7-20-13(9-19)10-21(16(20)24)12-8-14(15(23)28-4)22(11-12)30(5,26)27/h12-14H,6-11H2,1-5H3/t12-,13-,14+/m0/s1. The van der Waals surface area contributed by atoms with Crippen molar-refractivity contribution >= 4 is 28.1 Å². The van der Waals surface area contributed by atoms with E-state index in [1.807, 2.05) is 0 Å². The third kappa shape index (κ3) is 4.48. The molecule has 11 nitrogen and oxygen atoms in total. The zero-order chi connectivity index (χ0) is 22.4. The molecular weight excluding hydrogens is 416 g/mol. The highest BCUT2D eigenvalue weighted by Crippen LogP contribution is 2.31. The molecule has 3 atom stereocenters. The quantitative estimate of drug-likeness (QED) is 0.557. The van der Waals surface area contributed by atoms with Crippen molar-refractivity contribution in [2.45, 2.75) is 50.9 Å². The van der Waals surface area contributed by atoms with E-state index in [0.29, 0.717) is 26.2 Å². The van der Waals surface area contributed by atoms with Crippen molar-refractivity contribution in [3.05, 3.63) is 0 Å². The number of nitrogens with zero attached hydrogens (tertiary/aromatic N) is 4. The van der Waals surface area contributed by atoms with E-state index >= 15 is 0 Å². The Morgan fingerprint density at radius 3 is 2.27 bits per heavy atom. The lowest BCUT2D eigenvalue weighted by Gasteiger charge is -2.37. The number of hydrogen-bond donors (Lipinski definition) is 0. The molecule has 0 bridgehead atoms. The Balaban J connectivity index is 1.70. The smallest absolute Gasteiger partial charge is 0.410 e. The van der Waals surface area contributed by atoms with Crippen LogP contribution in [0.4, 0.5) is 9.59 Å². The van der Waals surface area contributed by atoms with Gasteiger partial charge < -0.3 is 24.2 Å². The highest BCUT2D eigenvalue weighted by molar-refractivity contribution is 7.88. The Morgan fingerprint density at radius 1 is 1.03 bits per heavy atom. The molecule has 3 heterocycles. The molecule has 0 aromatic carbocycles. The number of amides is 3. The van der Waals surface area contributed by atoms with Crippen molar-refractivity contribution in [2.75, 3.05) is 46.1 Å². The molecule has 3 amide bonds. The maximum absolute atomic E-state index is 13.0. The summed E-state index contributed by atoms with van der Waals surface area (Å²) in [6.07, 6.45) is 0.809. The topological polar surface area (TPSA) is 117 Å². The van der Waals surface area contributed by atoms with Crippen LogP contribution in [0.1, 0.15) is 27.2 Å². The van der Waals surface area contributed by atoms with Gasteiger partial charge in [0.25, 0.3) is 0 Å². The molecule has 3 rings (SSSR count). The van der Waals surface area contributed by atoms with Crippen molar-refractivity contribution in [3.8, 4) is 0 Å². The molecule has 0 radical (unpaired) electrons. The summed E-state index contributed by atoms with van der Waals surface area (Å²) < 4.78 is 35.6. The normalized spacial score (nSPS) is 28.0. The second kappa shape index (κ2) is 7.88. The fourth-order valence-corrected chi connectivity index (χ4v) is 5.34. The number of rotatable bonds is 3. The van der Waals surface area contributed by atoms with Gasteiger partial charge in [0.05, 0.1) is 19.4 Å². The van der Waals surface area contributed by atoms with E-state index < -0.39 is 39.8 Å². The second-order valence-electron chi connectivity index (χ2n) is 8.97. The van der Waals surface area contributed by atoms with E-state index in [1.165, 1.54) is 7.11 Å². The first kappa shape index (κ1) is 22.6. The van der Waals surface area contributed by atoms with Crippen LogP contribution in [-0.4, -0.2) is 115 Å². The summed E-state index contributed by atoms with van der Waals surface area (Å²) in [6.45, 7) is 6.89. The first-order valence-electron chi connectivity index (χ1n) is 9.91. The Kier molecular flexibility index (Phi) is 5.93. The van der Waals surface area contributed by atoms with Crippen molar-refractivity contribution in [1.82, 2.24) is 19.0 Å². The summed E-state index contributed by atoms with van der Waals surface area (Å²) in [6, 6.07) is -1.79. The lowest BCUT2D eigenvalue weighted by atomic mass is 10.1. The minimum absolute atomic E-state index is 0.0423. The van der Waals surface area contributed by atoms with Crippen LogP contribution in [0.25, 0.3) is 0 Å². The van der Waals surface area contributed by atoms with E-state index in [1.54, 1.807) is 35.5 Å². The van der Waals surface area contributed by atoms with Gasteiger partial charge in [0.1, 0.15) is 11.6 Å². The van der Waals surface area contributed by atoms with Gasteiger partial charge >= 0.3 is 18.1 Å². The second-order valence-corrected chi connectivity index (χ2v) is 10.9. The molecule has 30 heavy (non-hydrogen) atoms. The Labute approximate surface area is 176 Å². The van der Waals surface area contributed by atoms with Crippen LogP contribution in [0.5, 0.6) is 0 Å². The summed E-state index contributed by atoms with van der Waals surface area (Å²) in [5.41, 5.74) is -0.604. The number of ether oxygens (including phenoxy) is 2. The minimum Gasteiger partial charge on any atom is -0.468 e. The summed E-state index contributed by atoms with van der Waals surface area (Å²) in [5.74, 6) is -0.636. The molecule has 0 N–H and O–H groups in total. The highest BCUT2D eigenvalue weighted by Gasteiger charge is 2.50. The van der Waals surface area contributed by atoms with Crippen LogP contribution in [0.2, 0.25) is 0 Å². The third-order valence-electron chi connectivity index (χ3n) is 5.61. The van der Waals surface area contributed by atoms with Crippen LogP contribution in [-0.2, 0) is 24.3 Å². The van der Waals surface area contributed by atoms with E-state index in [2.05, 4.69) is 0 Å². The van der Waals surface area contributed by atoms with Gasteiger partial charge in [0.15, 0.2) is 0 Å². The van der Waals surface area contributed by atoms with Crippen LogP contribution >= 0.6 is 0 Å². The van der Waals surface area contributed by atoms with Crippen LogP contribution < -0.4 is 0 Å². The maximum atomic E-state index is 13.0. The lowest BCUT2D eigenvalue weighted by Crippen LogP contribution is -2.54. The number of carbonyl (C=O) groups is 3. The van der Waals surface area contributed by atoms with Crippen molar-refractivity contribution in [3.63, 3.8) is 0 Å². The van der Waals surface area contributed by atoms with Gasteiger partial charge in [-0.2, -0.15) is 4.31 Å². The molecule has 3 fully saturated rings. The minimum atomic E-state index is -3.64. The van der Waals surface area contributed by atoms with Gasteiger partial charge in [-0.05, 0) is 27.2 Å². The first-order valence-corrected chi connectivity index (χ1v) is 11.8. The Bertz CT molecular complexity index is 825. The molecular formula is C18H30N4O7S. The zero-order valence-electron chi connectivity index (χ0n) is 18.0.